The summed E-state index contributed by atoms with van der Waals surface area (Å²) in [6.07, 6.45) is 2.75. The quantitative estimate of drug-likeness (QED) is 0.751. The Morgan fingerprint density at radius 3 is 2.71 bits per heavy atom. The SMILES string of the molecule is O=C(O)C1CCCC1CNCCOc1c(Cl)cccc1Cl. The molecule has 21 heavy (non-hydrogen) atoms. The maximum Gasteiger partial charge on any atom is 0.306 e. The fourth-order valence-corrected chi connectivity index (χ4v) is 3.25. The molecule has 2 atom stereocenters. The molecule has 4 nitrogen and oxygen atoms in total. The van der Waals surface area contributed by atoms with E-state index in [-0.39, 0.29) is 11.8 Å². The van der Waals surface area contributed by atoms with Gasteiger partial charge in [-0.3, -0.25) is 4.79 Å². The van der Waals surface area contributed by atoms with Crippen molar-refractivity contribution in [3.05, 3.63) is 28.2 Å². The summed E-state index contributed by atoms with van der Waals surface area (Å²) in [7, 11) is 0. The molecule has 1 aromatic rings. The predicted octanol–water partition coefficient (Wildman–Crippen LogP) is 3.46. The molecular weight excluding hydrogens is 313 g/mol. The van der Waals surface area contributed by atoms with Crippen molar-refractivity contribution in [3.63, 3.8) is 0 Å². The van der Waals surface area contributed by atoms with Crippen LogP contribution in [-0.2, 0) is 4.79 Å². The molecule has 2 unspecified atom stereocenters. The van der Waals surface area contributed by atoms with Crippen molar-refractivity contribution in [3.8, 4) is 5.75 Å². The summed E-state index contributed by atoms with van der Waals surface area (Å²) >= 11 is 12.0. The van der Waals surface area contributed by atoms with Gasteiger partial charge in [0.2, 0.25) is 0 Å². The second-order valence-corrected chi connectivity index (χ2v) is 6.05. The van der Waals surface area contributed by atoms with E-state index in [9.17, 15) is 4.79 Å². The molecule has 2 rings (SSSR count). The number of nitrogens with one attached hydrogen (secondary N) is 1. The van der Waals surface area contributed by atoms with Gasteiger partial charge in [0.15, 0.2) is 5.75 Å². The first-order valence-corrected chi connectivity index (χ1v) is 7.85. The lowest BCUT2D eigenvalue weighted by molar-refractivity contribution is -0.142. The number of carbonyl (C=O) groups is 1. The lowest BCUT2D eigenvalue weighted by Crippen LogP contribution is -2.31. The number of carboxylic acids is 1. The fourth-order valence-electron chi connectivity index (χ4n) is 2.74. The number of rotatable bonds is 7. The van der Waals surface area contributed by atoms with Crippen LogP contribution in [0.25, 0.3) is 0 Å². The van der Waals surface area contributed by atoms with Crippen LogP contribution in [-0.4, -0.2) is 30.8 Å². The molecule has 0 saturated heterocycles. The minimum Gasteiger partial charge on any atom is -0.489 e. The average Bonchev–Trinajstić information content (AvgIpc) is 2.90. The summed E-state index contributed by atoms with van der Waals surface area (Å²) in [6.45, 7) is 1.77. The summed E-state index contributed by atoms with van der Waals surface area (Å²) in [5, 5.41) is 13.3. The summed E-state index contributed by atoms with van der Waals surface area (Å²) < 4.78 is 5.56. The Morgan fingerprint density at radius 1 is 1.33 bits per heavy atom. The van der Waals surface area contributed by atoms with Crippen LogP contribution in [0, 0.1) is 11.8 Å². The fraction of sp³-hybridized carbons (Fsp3) is 0.533. The Bertz CT molecular complexity index is 476. The molecule has 1 aliphatic rings. The van der Waals surface area contributed by atoms with E-state index >= 15 is 0 Å². The smallest absolute Gasteiger partial charge is 0.306 e. The Labute approximate surface area is 134 Å². The molecule has 0 amide bonds. The van der Waals surface area contributed by atoms with E-state index in [1.807, 2.05) is 0 Å². The highest BCUT2D eigenvalue weighted by molar-refractivity contribution is 6.37. The maximum absolute atomic E-state index is 11.1. The molecule has 1 aromatic carbocycles. The normalized spacial score (nSPS) is 21.4. The van der Waals surface area contributed by atoms with Gasteiger partial charge in [-0.2, -0.15) is 0 Å². The van der Waals surface area contributed by atoms with E-state index in [1.54, 1.807) is 18.2 Å². The van der Waals surface area contributed by atoms with Crippen LogP contribution in [0.3, 0.4) is 0 Å². The van der Waals surface area contributed by atoms with Crippen molar-refractivity contribution in [2.45, 2.75) is 19.3 Å². The lowest BCUT2D eigenvalue weighted by atomic mass is 9.96. The molecule has 1 aliphatic carbocycles. The lowest BCUT2D eigenvalue weighted by Gasteiger charge is -2.16. The second kappa shape index (κ2) is 7.87. The molecule has 0 bridgehead atoms. The number of carboxylic acid groups (broad SMARTS) is 1. The van der Waals surface area contributed by atoms with E-state index in [2.05, 4.69) is 5.32 Å². The van der Waals surface area contributed by atoms with Gasteiger partial charge in [0, 0.05) is 6.54 Å². The highest BCUT2D eigenvalue weighted by Gasteiger charge is 2.32. The van der Waals surface area contributed by atoms with Crippen LogP contribution >= 0.6 is 23.2 Å². The monoisotopic (exact) mass is 331 g/mol. The molecule has 0 spiro atoms. The molecule has 0 heterocycles. The average molecular weight is 332 g/mol. The molecular formula is C15H19Cl2NO3. The first-order chi connectivity index (χ1) is 10.1. The zero-order chi connectivity index (χ0) is 15.2. The summed E-state index contributed by atoms with van der Waals surface area (Å²) in [5.74, 6) is -0.187. The molecule has 1 saturated carbocycles. The van der Waals surface area contributed by atoms with Crippen molar-refractivity contribution < 1.29 is 14.6 Å². The van der Waals surface area contributed by atoms with Crippen LogP contribution in [0.15, 0.2) is 18.2 Å². The van der Waals surface area contributed by atoms with Gasteiger partial charge < -0.3 is 15.2 Å². The van der Waals surface area contributed by atoms with Gasteiger partial charge in [0.05, 0.1) is 16.0 Å². The van der Waals surface area contributed by atoms with E-state index in [1.165, 1.54) is 0 Å². The largest absolute Gasteiger partial charge is 0.489 e. The van der Waals surface area contributed by atoms with Gasteiger partial charge in [0.25, 0.3) is 0 Å². The zero-order valence-electron chi connectivity index (χ0n) is 11.6. The third kappa shape index (κ3) is 4.50. The molecule has 116 valence electrons. The van der Waals surface area contributed by atoms with E-state index < -0.39 is 5.97 Å². The molecule has 0 aromatic heterocycles. The summed E-state index contributed by atoms with van der Waals surface area (Å²) in [6, 6.07) is 5.22. The first-order valence-electron chi connectivity index (χ1n) is 7.10. The molecule has 0 radical (unpaired) electrons. The van der Waals surface area contributed by atoms with Crippen molar-refractivity contribution in [2.24, 2.45) is 11.8 Å². The number of halogens is 2. The Kier molecular flexibility index (Phi) is 6.15. The third-order valence-corrected chi connectivity index (χ3v) is 4.42. The zero-order valence-corrected chi connectivity index (χ0v) is 13.2. The van der Waals surface area contributed by atoms with Gasteiger partial charge in [-0.15, -0.1) is 0 Å². The van der Waals surface area contributed by atoms with E-state index in [0.29, 0.717) is 35.5 Å². The molecule has 1 fully saturated rings. The number of ether oxygens (including phenoxy) is 1. The number of hydrogen-bond acceptors (Lipinski definition) is 3. The van der Waals surface area contributed by atoms with Crippen LogP contribution in [0.5, 0.6) is 5.75 Å². The van der Waals surface area contributed by atoms with Crippen molar-refractivity contribution in [2.75, 3.05) is 19.7 Å². The van der Waals surface area contributed by atoms with Gasteiger partial charge in [-0.05, 0) is 37.4 Å². The Hall–Kier alpha value is -0.970. The maximum atomic E-state index is 11.1. The topological polar surface area (TPSA) is 58.6 Å². The predicted molar refractivity (Wildman–Crippen MR) is 83.3 cm³/mol. The van der Waals surface area contributed by atoms with Gasteiger partial charge in [-0.25, -0.2) is 0 Å². The number of hydrogen-bond donors (Lipinski definition) is 2. The van der Waals surface area contributed by atoms with Crippen molar-refractivity contribution >= 4 is 29.2 Å². The van der Waals surface area contributed by atoms with Gasteiger partial charge in [0.1, 0.15) is 6.61 Å². The van der Waals surface area contributed by atoms with Crippen LogP contribution in [0.4, 0.5) is 0 Å². The summed E-state index contributed by atoms with van der Waals surface area (Å²) in [4.78, 5) is 11.1. The van der Waals surface area contributed by atoms with Crippen molar-refractivity contribution in [1.82, 2.24) is 5.32 Å². The van der Waals surface area contributed by atoms with Crippen LogP contribution in [0.2, 0.25) is 10.0 Å². The minimum absolute atomic E-state index is 0.212. The minimum atomic E-state index is -0.682. The van der Waals surface area contributed by atoms with Crippen molar-refractivity contribution in [1.29, 1.82) is 0 Å². The first kappa shape index (κ1) is 16.4. The highest BCUT2D eigenvalue weighted by atomic mass is 35.5. The van der Waals surface area contributed by atoms with E-state index in [4.69, 9.17) is 33.0 Å². The Morgan fingerprint density at radius 2 is 2.05 bits per heavy atom. The summed E-state index contributed by atoms with van der Waals surface area (Å²) in [5.41, 5.74) is 0. The molecule has 6 heteroatoms. The highest BCUT2D eigenvalue weighted by Crippen LogP contribution is 2.32. The van der Waals surface area contributed by atoms with Crippen LogP contribution in [0.1, 0.15) is 19.3 Å². The molecule has 2 N–H and O–H groups in total. The second-order valence-electron chi connectivity index (χ2n) is 5.24. The Balaban J connectivity index is 1.70. The third-order valence-electron chi connectivity index (χ3n) is 3.83. The molecule has 0 aliphatic heterocycles. The number of benzene rings is 1. The van der Waals surface area contributed by atoms with Crippen LogP contribution < -0.4 is 10.1 Å². The number of para-hydroxylation sites is 1. The number of aliphatic carboxylic acids is 1. The van der Waals surface area contributed by atoms with Gasteiger partial charge >= 0.3 is 5.97 Å². The van der Waals surface area contributed by atoms with E-state index in [0.717, 1.165) is 19.3 Å². The van der Waals surface area contributed by atoms with Gasteiger partial charge in [-0.1, -0.05) is 35.7 Å². The standard InChI is InChI=1S/C15H19Cl2NO3/c16-12-5-2-6-13(17)14(12)21-8-7-18-9-10-3-1-4-11(10)15(19)20/h2,5-6,10-11,18H,1,3-4,7-9H2,(H,19,20).